The van der Waals surface area contributed by atoms with Crippen LogP contribution in [-0.2, 0) is 9.47 Å². The monoisotopic (exact) mass is 398 g/mol. The minimum absolute atomic E-state index is 1.60. The molecule has 1 atom stereocenters. The maximum Gasteiger partial charge on any atom is 0.525 e. The first-order valence-corrected chi connectivity index (χ1v) is 4.84. The zero-order valence-electron chi connectivity index (χ0n) is 9.61. The van der Waals surface area contributed by atoms with Crippen LogP contribution in [0.15, 0.2) is 12.1 Å². The van der Waals surface area contributed by atoms with E-state index < -0.39 is 41.7 Å². The molecule has 23 heavy (non-hydrogen) atoms. The average molecular weight is 399 g/mol. The zero-order valence-corrected chi connectivity index (χ0v) is 10.4. The Balaban J connectivity index is 6.09. The van der Waals surface area contributed by atoms with E-state index in [0.29, 0.717) is 0 Å². The van der Waals surface area contributed by atoms with Crippen molar-refractivity contribution in [2.45, 2.75) is 29.6 Å². The summed E-state index contributed by atoms with van der Waals surface area (Å²) in [6.45, 7) is 0. The van der Waals surface area contributed by atoms with Gasteiger partial charge in [0, 0.05) is 0 Å². The van der Waals surface area contributed by atoms with Gasteiger partial charge in [-0.3, -0.25) is 0 Å². The van der Waals surface area contributed by atoms with Crippen LogP contribution in [0.3, 0.4) is 0 Å². The predicted molar refractivity (Wildman–Crippen MR) is 43.1 cm³/mol. The molecule has 138 valence electrons. The first kappa shape index (κ1) is 21.9. The summed E-state index contributed by atoms with van der Waals surface area (Å²) >= 11 is 3.58. The summed E-state index contributed by atoms with van der Waals surface area (Å²) in [6, 6.07) is -3.80. The van der Waals surface area contributed by atoms with Gasteiger partial charge in [0.2, 0.25) is 0 Å². The Hall–Kier alpha value is -1.12. The molecular formula is C7ClF13O2. The highest BCUT2D eigenvalue weighted by Gasteiger charge is 2.84. The van der Waals surface area contributed by atoms with Gasteiger partial charge in [-0.2, -0.15) is 43.9 Å². The molecule has 0 aromatic rings. The van der Waals surface area contributed by atoms with Crippen LogP contribution in [0.5, 0.6) is 0 Å². The van der Waals surface area contributed by atoms with Gasteiger partial charge in [-0.1, -0.05) is 0 Å². The van der Waals surface area contributed by atoms with Crippen molar-refractivity contribution in [3.63, 3.8) is 0 Å². The second kappa shape index (κ2) is 6.07. The zero-order chi connectivity index (χ0) is 19.1. The van der Waals surface area contributed by atoms with E-state index in [2.05, 4.69) is 11.6 Å². The summed E-state index contributed by atoms with van der Waals surface area (Å²) in [5, 5.41) is -6.49. The lowest BCUT2D eigenvalue weighted by Crippen LogP contribution is -2.66. The van der Waals surface area contributed by atoms with Gasteiger partial charge in [0.15, 0.2) is 0 Å². The highest BCUT2D eigenvalue weighted by molar-refractivity contribution is 6.22. The second-order valence-corrected chi connectivity index (χ2v) is 3.84. The van der Waals surface area contributed by atoms with E-state index in [-0.39, 0.29) is 0 Å². The molecule has 0 saturated carbocycles. The Morgan fingerprint density at radius 2 is 1.13 bits per heavy atom. The Morgan fingerprint density at radius 3 is 1.39 bits per heavy atom. The fraction of sp³-hybridized carbons (Fsp3) is 0.714. The van der Waals surface area contributed by atoms with E-state index in [0.717, 1.165) is 0 Å². The van der Waals surface area contributed by atoms with E-state index in [1.54, 1.807) is 4.74 Å². The van der Waals surface area contributed by atoms with Crippen LogP contribution in [0.2, 0.25) is 0 Å². The van der Waals surface area contributed by atoms with Gasteiger partial charge < -0.3 is 4.74 Å². The van der Waals surface area contributed by atoms with Gasteiger partial charge in [-0.25, -0.2) is 4.74 Å². The lowest BCUT2D eigenvalue weighted by Gasteiger charge is -2.38. The molecule has 1 unspecified atom stereocenters. The number of ether oxygens (including phenoxy) is 2. The molecule has 0 amide bonds. The topological polar surface area (TPSA) is 18.5 Å². The Morgan fingerprint density at radius 1 is 0.739 bits per heavy atom. The fourth-order valence-corrected chi connectivity index (χ4v) is 1.02. The summed E-state index contributed by atoms with van der Waals surface area (Å²) in [5.74, 6) is -14.5. The number of hydrogen-bond acceptors (Lipinski definition) is 2. The lowest BCUT2D eigenvalue weighted by molar-refractivity contribution is -0.495. The Kier molecular flexibility index (Phi) is 5.77. The molecule has 0 aromatic heterocycles. The first-order valence-electron chi connectivity index (χ1n) is 4.46. The minimum Gasteiger partial charge on any atom is -0.397 e. The highest BCUT2D eigenvalue weighted by Crippen LogP contribution is 2.56. The van der Waals surface area contributed by atoms with Crippen LogP contribution in [0.25, 0.3) is 0 Å². The van der Waals surface area contributed by atoms with E-state index in [4.69, 9.17) is 0 Å². The predicted octanol–water partition coefficient (Wildman–Crippen LogP) is 5.30. The van der Waals surface area contributed by atoms with Crippen molar-refractivity contribution in [1.82, 2.24) is 0 Å². The second-order valence-electron chi connectivity index (χ2n) is 3.37. The third kappa shape index (κ3) is 4.45. The van der Waals surface area contributed by atoms with Gasteiger partial charge in [-0.15, -0.1) is 13.2 Å². The standard InChI is InChI=1S/C7ClF13O2/c8-5(15,16)4(14,23-7(19,20)21)3(12,13)6(17,18)22-2(11)1(9)10. The summed E-state index contributed by atoms with van der Waals surface area (Å²) in [6.07, 6.45) is -17.6. The molecule has 0 aliphatic carbocycles. The number of rotatable bonds is 6. The van der Waals surface area contributed by atoms with E-state index in [1.165, 1.54) is 0 Å². The lowest BCUT2D eigenvalue weighted by atomic mass is 10.1. The molecule has 0 aliphatic rings. The molecule has 2 nitrogen and oxygen atoms in total. The highest BCUT2D eigenvalue weighted by atomic mass is 35.5. The molecule has 0 fully saturated rings. The van der Waals surface area contributed by atoms with Crippen molar-refractivity contribution in [2.24, 2.45) is 0 Å². The van der Waals surface area contributed by atoms with Crippen LogP contribution in [0.4, 0.5) is 57.1 Å². The molecule has 0 spiro atoms. The number of halogens is 14. The first-order chi connectivity index (χ1) is 9.78. The molecule has 16 heteroatoms. The molecule has 0 radical (unpaired) electrons. The molecule has 0 saturated heterocycles. The number of hydrogen-bond donors (Lipinski definition) is 0. The van der Waals surface area contributed by atoms with Gasteiger partial charge in [0.05, 0.1) is 0 Å². The van der Waals surface area contributed by atoms with Crippen molar-refractivity contribution in [3.05, 3.63) is 12.1 Å². The van der Waals surface area contributed by atoms with Crippen molar-refractivity contribution >= 4 is 11.6 Å². The summed E-state index contributed by atoms with van der Waals surface area (Å²) < 4.78 is 163. The summed E-state index contributed by atoms with van der Waals surface area (Å²) in [4.78, 5) is 0. The van der Waals surface area contributed by atoms with Crippen molar-refractivity contribution in [1.29, 1.82) is 0 Å². The van der Waals surface area contributed by atoms with Crippen molar-refractivity contribution in [2.75, 3.05) is 0 Å². The molecular weight excluding hydrogens is 399 g/mol. The molecule has 0 bridgehead atoms. The van der Waals surface area contributed by atoms with Gasteiger partial charge in [0.1, 0.15) is 0 Å². The maximum absolute atomic E-state index is 13.3. The van der Waals surface area contributed by atoms with Crippen LogP contribution in [0, 0.1) is 0 Å². The van der Waals surface area contributed by atoms with Gasteiger partial charge in [-0.05, 0) is 11.6 Å². The van der Waals surface area contributed by atoms with Gasteiger partial charge >= 0.3 is 41.7 Å². The van der Waals surface area contributed by atoms with E-state index >= 15 is 0 Å². The summed E-state index contributed by atoms with van der Waals surface area (Å²) in [5.41, 5.74) is 0. The van der Waals surface area contributed by atoms with E-state index in [9.17, 15) is 57.1 Å². The molecule has 0 rings (SSSR count). The van der Waals surface area contributed by atoms with Crippen LogP contribution in [-0.4, -0.2) is 29.6 Å². The van der Waals surface area contributed by atoms with Crippen LogP contribution in [0.1, 0.15) is 0 Å². The largest absolute Gasteiger partial charge is 0.525 e. The molecule has 0 aromatic carbocycles. The maximum atomic E-state index is 13.3. The molecule has 0 heterocycles. The van der Waals surface area contributed by atoms with E-state index in [1.807, 2.05) is 4.74 Å². The Bertz CT molecular complexity index is 462. The fourth-order valence-electron chi connectivity index (χ4n) is 0.862. The summed E-state index contributed by atoms with van der Waals surface area (Å²) in [7, 11) is 0. The minimum atomic E-state index is -7.40. The molecule has 0 N–H and O–H groups in total. The SMILES string of the molecule is FC(F)=C(F)OC(F)(F)C(F)(F)C(F)(OC(F)(F)F)C(F)(F)Cl. The van der Waals surface area contributed by atoms with Crippen molar-refractivity contribution in [3.8, 4) is 0 Å². The Labute approximate surface area is 121 Å². The van der Waals surface area contributed by atoms with Crippen LogP contribution < -0.4 is 0 Å². The third-order valence-electron chi connectivity index (χ3n) is 1.76. The van der Waals surface area contributed by atoms with Crippen molar-refractivity contribution < 1.29 is 66.5 Å². The number of alkyl halides is 11. The van der Waals surface area contributed by atoms with Gasteiger partial charge in [0.25, 0.3) is 0 Å². The normalized spacial score (nSPS) is 16.8. The average Bonchev–Trinajstić information content (AvgIpc) is 2.23. The van der Waals surface area contributed by atoms with Crippen LogP contribution >= 0.6 is 11.6 Å². The quantitative estimate of drug-likeness (QED) is 0.343. The third-order valence-corrected chi connectivity index (χ3v) is 2.00. The molecule has 0 aliphatic heterocycles. The smallest absolute Gasteiger partial charge is 0.397 e.